The smallest absolute Gasteiger partial charge is 0.146 e. The molecule has 1 atom stereocenters. The highest BCUT2D eigenvalue weighted by Gasteiger charge is 2.23. The molecular weight excluding hydrogens is 265 g/mol. The van der Waals surface area contributed by atoms with Gasteiger partial charge in [0.05, 0.1) is 5.69 Å². The predicted molar refractivity (Wildman–Crippen MR) is 87.4 cm³/mol. The van der Waals surface area contributed by atoms with Crippen LogP contribution < -0.4 is 10.2 Å². The first-order valence-corrected chi connectivity index (χ1v) is 8.08. The molecule has 1 unspecified atom stereocenters. The van der Waals surface area contributed by atoms with Gasteiger partial charge in [-0.2, -0.15) is 0 Å². The van der Waals surface area contributed by atoms with Gasteiger partial charge in [0.1, 0.15) is 5.82 Å². The third-order valence-electron chi connectivity index (χ3n) is 4.26. The Labute approximate surface area is 128 Å². The lowest BCUT2D eigenvalue weighted by molar-refractivity contribution is 0.174. The van der Waals surface area contributed by atoms with Crippen LogP contribution in [0.2, 0.25) is 0 Å². The van der Waals surface area contributed by atoms with Crippen molar-refractivity contribution >= 4 is 5.69 Å². The summed E-state index contributed by atoms with van der Waals surface area (Å²) in [6.07, 6.45) is 1.15. The van der Waals surface area contributed by atoms with Crippen molar-refractivity contribution in [2.75, 3.05) is 37.6 Å². The van der Waals surface area contributed by atoms with E-state index >= 15 is 0 Å². The summed E-state index contributed by atoms with van der Waals surface area (Å²) in [7, 11) is 0. The van der Waals surface area contributed by atoms with E-state index in [1.54, 1.807) is 12.1 Å². The number of benzene rings is 1. The molecule has 1 saturated heterocycles. The molecule has 0 bridgehead atoms. The number of halogens is 1. The lowest BCUT2D eigenvalue weighted by Gasteiger charge is -2.40. The van der Waals surface area contributed by atoms with Gasteiger partial charge in [-0.05, 0) is 18.6 Å². The molecular formula is C17H28FN3. The molecule has 1 heterocycles. The first kappa shape index (κ1) is 16.2. The molecule has 21 heavy (non-hydrogen) atoms. The minimum absolute atomic E-state index is 0.112. The van der Waals surface area contributed by atoms with Gasteiger partial charge in [0.15, 0.2) is 0 Å². The Morgan fingerprint density at radius 3 is 2.38 bits per heavy atom. The minimum Gasteiger partial charge on any atom is -0.367 e. The molecule has 0 amide bonds. The Morgan fingerprint density at radius 1 is 1.14 bits per heavy atom. The molecule has 1 N–H and O–H groups in total. The number of para-hydroxylation sites is 1. The van der Waals surface area contributed by atoms with Gasteiger partial charge >= 0.3 is 0 Å². The molecule has 0 aliphatic carbocycles. The maximum absolute atomic E-state index is 13.8. The van der Waals surface area contributed by atoms with Crippen LogP contribution in [0.1, 0.15) is 27.2 Å². The first-order valence-electron chi connectivity index (χ1n) is 8.08. The number of nitrogens with zero attached hydrogens (tertiary/aromatic N) is 2. The zero-order chi connectivity index (χ0) is 15.2. The summed E-state index contributed by atoms with van der Waals surface area (Å²) in [5, 5.41) is 3.53. The lowest BCUT2D eigenvalue weighted by Crippen LogP contribution is -2.53. The fourth-order valence-corrected chi connectivity index (χ4v) is 2.94. The van der Waals surface area contributed by atoms with Crippen molar-refractivity contribution in [1.82, 2.24) is 10.2 Å². The number of hydrogen-bond acceptors (Lipinski definition) is 3. The number of rotatable bonds is 6. The first-order chi connectivity index (χ1) is 10.1. The number of hydrogen-bond donors (Lipinski definition) is 1. The van der Waals surface area contributed by atoms with Crippen molar-refractivity contribution in [2.24, 2.45) is 0 Å². The van der Waals surface area contributed by atoms with Gasteiger partial charge in [-0.15, -0.1) is 0 Å². The molecule has 0 spiro atoms. The van der Waals surface area contributed by atoms with E-state index in [1.807, 2.05) is 12.1 Å². The zero-order valence-electron chi connectivity index (χ0n) is 13.5. The third kappa shape index (κ3) is 4.42. The van der Waals surface area contributed by atoms with Crippen molar-refractivity contribution in [3.05, 3.63) is 30.1 Å². The monoisotopic (exact) mass is 293 g/mol. The van der Waals surface area contributed by atoms with E-state index in [1.165, 1.54) is 0 Å². The van der Waals surface area contributed by atoms with Crippen LogP contribution in [0.5, 0.6) is 0 Å². The molecule has 1 aliphatic rings. The largest absolute Gasteiger partial charge is 0.367 e. The van der Waals surface area contributed by atoms with Crippen LogP contribution >= 0.6 is 0 Å². The van der Waals surface area contributed by atoms with Crippen LogP contribution in [0.25, 0.3) is 0 Å². The van der Waals surface area contributed by atoms with Gasteiger partial charge in [-0.1, -0.05) is 32.9 Å². The highest BCUT2D eigenvalue weighted by atomic mass is 19.1. The summed E-state index contributed by atoms with van der Waals surface area (Å²) in [5.41, 5.74) is 0.741. The third-order valence-corrected chi connectivity index (χ3v) is 4.26. The number of piperazine rings is 1. The van der Waals surface area contributed by atoms with E-state index < -0.39 is 0 Å². The standard InChI is InChI=1S/C17H28FN3/c1-4-15(13-19-14(2)3)20-9-11-21(12-10-20)17-8-6-5-7-16(17)18/h5-8,14-15,19H,4,9-13H2,1-3H3. The van der Waals surface area contributed by atoms with Gasteiger partial charge in [-0.3, -0.25) is 4.90 Å². The molecule has 0 aromatic heterocycles. The van der Waals surface area contributed by atoms with Gasteiger partial charge in [-0.25, -0.2) is 4.39 Å². The predicted octanol–water partition coefficient (Wildman–Crippen LogP) is 2.72. The topological polar surface area (TPSA) is 18.5 Å². The minimum atomic E-state index is -0.112. The fraction of sp³-hybridized carbons (Fsp3) is 0.647. The van der Waals surface area contributed by atoms with Crippen LogP contribution in [-0.4, -0.2) is 49.7 Å². The van der Waals surface area contributed by atoms with Gasteiger partial charge in [0.25, 0.3) is 0 Å². The summed E-state index contributed by atoms with van der Waals surface area (Å²) in [6.45, 7) is 11.5. The quantitative estimate of drug-likeness (QED) is 0.870. The Balaban J connectivity index is 1.89. The van der Waals surface area contributed by atoms with Gasteiger partial charge in [0.2, 0.25) is 0 Å². The maximum atomic E-state index is 13.8. The van der Waals surface area contributed by atoms with Crippen molar-refractivity contribution in [2.45, 2.75) is 39.3 Å². The molecule has 1 aliphatic heterocycles. The van der Waals surface area contributed by atoms with Crippen LogP contribution in [0.15, 0.2) is 24.3 Å². The summed E-state index contributed by atoms with van der Waals surface area (Å²) >= 11 is 0. The molecule has 1 fully saturated rings. The lowest BCUT2D eigenvalue weighted by atomic mass is 10.1. The molecule has 0 saturated carbocycles. The Kier molecular flexibility index (Phi) is 6.00. The summed E-state index contributed by atoms with van der Waals surface area (Å²) in [5.74, 6) is -0.112. The van der Waals surface area contributed by atoms with Crippen LogP contribution in [0.4, 0.5) is 10.1 Å². The summed E-state index contributed by atoms with van der Waals surface area (Å²) in [6, 6.07) is 8.19. The van der Waals surface area contributed by atoms with E-state index in [2.05, 4.69) is 35.9 Å². The number of anilines is 1. The van der Waals surface area contributed by atoms with Crippen LogP contribution in [0, 0.1) is 5.82 Å². The molecule has 3 nitrogen and oxygen atoms in total. The number of nitrogens with one attached hydrogen (secondary N) is 1. The molecule has 2 rings (SSSR count). The summed E-state index contributed by atoms with van der Waals surface area (Å²) in [4.78, 5) is 4.70. The second-order valence-electron chi connectivity index (χ2n) is 6.10. The molecule has 1 aromatic carbocycles. The molecule has 118 valence electrons. The van der Waals surface area contributed by atoms with Crippen LogP contribution in [-0.2, 0) is 0 Å². The average Bonchev–Trinajstić information content (AvgIpc) is 2.49. The SMILES string of the molecule is CCC(CNC(C)C)N1CCN(c2ccccc2F)CC1. The van der Waals surface area contributed by atoms with Crippen molar-refractivity contribution in [3.63, 3.8) is 0 Å². The Hall–Kier alpha value is -1.13. The summed E-state index contributed by atoms with van der Waals surface area (Å²) < 4.78 is 13.8. The highest BCUT2D eigenvalue weighted by Crippen LogP contribution is 2.21. The van der Waals surface area contributed by atoms with E-state index in [0.717, 1.165) is 44.8 Å². The Morgan fingerprint density at radius 2 is 1.81 bits per heavy atom. The second kappa shape index (κ2) is 7.76. The average molecular weight is 293 g/mol. The van der Waals surface area contributed by atoms with Crippen molar-refractivity contribution < 1.29 is 4.39 Å². The van der Waals surface area contributed by atoms with E-state index in [4.69, 9.17) is 0 Å². The van der Waals surface area contributed by atoms with Gasteiger partial charge < -0.3 is 10.2 Å². The maximum Gasteiger partial charge on any atom is 0.146 e. The van der Waals surface area contributed by atoms with Crippen LogP contribution in [0.3, 0.4) is 0 Å². The molecule has 1 aromatic rings. The van der Waals surface area contributed by atoms with Crippen molar-refractivity contribution in [1.29, 1.82) is 0 Å². The Bertz CT molecular complexity index is 428. The van der Waals surface area contributed by atoms with E-state index in [9.17, 15) is 4.39 Å². The molecule has 0 radical (unpaired) electrons. The normalized spacial score (nSPS) is 18.2. The zero-order valence-corrected chi connectivity index (χ0v) is 13.5. The second-order valence-corrected chi connectivity index (χ2v) is 6.10. The van der Waals surface area contributed by atoms with Crippen molar-refractivity contribution in [3.8, 4) is 0 Å². The van der Waals surface area contributed by atoms with Gasteiger partial charge in [0, 0.05) is 44.8 Å². The molecule has 4 heteroatoms. The van der Waals surface area contributed by atoms with E-state index in [0.29, 0.717) is 12.1 Å². The fourth-order valence-electron chi connectivity index (χ4n) is 2.94. The highest BCUT2D eigenvalue weighted by molar-refractivity contribution is 5.48. The van der Waals surface area contributed by atoms with E-state index in [-0.39, 0.29) is 5.82 Å².